The summed E-state index contributed by atoms with van der Waals surface area (Å²) in [6, 6.07) is 16.6. The molecule has 0 fully saturated rings. The fourth-order valence-electron chi connectivity index (χ4n) is 3.95. The zero-order valence-corrected chi connectivity index (χ0v) is 13.7. The van der Waals surface area contributed by atoms with Crippen molar-refractivity contribution in [3.63, 3.8) is 0 Å². The topological polar surface area (TPSA) is 52.0 Å². The molecular weight excluding hydrogens is 292 g/mol. The van der Waals surface area contributed by atoms with Crippen LogP contribution in [-0.4, -0.2) is 0 Å². The highest BCUT2D eigenvalue weighted by atomic mass is 15.0. The second-order valence-corrected chi connectivity index (χ2v) is 6.24. The minimum absolute atomic E-state index is 0.963. The maximum Gasteiger partial charge on any atom is 0.118 e. The van der Waals surface area contributed by atoms with Gasteiger partial charge >= 0.3 is 0 Å². The van der Waals surface area contributed by atoms with Crippen molar-refractivity contribution in [3.05, 3.63) is 83.4 Å². The summed E-state index contributed by atoms with van der Waals surface area (Å²) in [7, 11) is 0. The van der Waals surface area contributed by atoms with Crippen LogP contribution in [0.15, 0.2) is 61.2 Å². The summed E-state index contributed by atoms with van der Waals surface area (Å²) in [6.45, 7) is 6.06. The molecule has 0 saturated heterocycles. The molecule has 0 aliphatic heterocycles. The van der Waals surface area contributed by atoms with Crippen molar-refractivity contribution in [2.45, 2.75) is 12.6 Å². The highest BCUT2D eigenvalue weighted by Crippen LogP contribution is 2.50. The standard InChI is InChI=1S/C22H20N2/c1-3-9-15-14(4-2)21-20(17-11-6-5-10-16(15)17)18-12-7-8-13-19(18)22(21,23)24/h3-13H,2,23-24H2,1H3/b9-3-. The van der Waals surface area contributed by atoms with Gasteiger partial charge in [0.15, 0.2) is 0 Å². The summed E-state index contributed by atoms with van der Waals surface area (Å²) in [6.07, 6.45) is 6.03. The summed E-state index contributed by atoms with van der Waals surface area (Å²) in [5, 5.41) is 2.37. The molecule has 2 heteroatoms. The molecule has 3 aromatic rings. The third-order valence-electron chi connectivity index (χ3n) is 4.89. The van der Waals surface area contributed by atoms with E-state index in [4.69, 9.17) is 11.5 Å². The average Bonchev–Trinajstić information content (AvgIpc) is 2.84. The van der Waals surface area contributed by atoms with Gasteiger partial charge in [0.1, 0.15) is 5.66 Å². The molecule has 0 heterocycles. The van der Waals surface area contributed by atoms with Gasteiger partial charge in [-0.2, -0.15) is 0 Å². The summed E-state index contributed by atoms with van der Waals surface area (Å²) < 4.78 is 0. The van der Waals surface area contributed by atoms with Crippen LogP contribution in [0.1, 0.15) is 29.2 Å². The zero-order chi connectivity index (χ0) is 16.9. The average molecular weight is 312 g/mol. The van der Waals surface area contributed by atoms with E-state index in [0.29, 0.717) is 0 Å². The predicted molar refractivity (Wildman–Crippen MR) is 103 cm³/mol. The van der Waals surface area contributed by atoms with Crippen LogP contribution in [0.2, 0.25) is 0 Å². The molecule has 0 radical (unpaired) electrons. The van der Waals surface area contributed by atoms with Crippen LogP contribution in [0.3, 0.4) is 0 Å². The number of allylic oxidation sites excluding steroid dienone is 1. The molecule has 0 saturated carbocycles. The van der Waals surface area contributed by atoms with Crippen molar-refractivity contribution >= 4 is 22.9 Å². The molecule has 1 aliphatic carbocycles. The SMILES string of the molecule is C=Cc1c2c(c3ccccc3c1/C=C\C)-c1ccccc1C2(N)N. The second-order valence-electron chi connectivity index (χ2n) is 6.24. The van der Waals surface area contributed by atoms with Crippen LogP contribution < -0.4 is 11.5 Å². The van der Waals surface area contributed by atoms with Gasteiger partial charge in [0.2, 0.25) is 0 Å². The minimum atomic E-state index is -1.02. The third kappa shape index (κ3) is 1.78. The Kier molecular flexibility index (Phi) is 3.20. The van der Waals surface area contributed by atoms with Crippen molar-refractivity contribution in [1.29, 1.82) is 0 Å². The maximum atomic E-state index is 6.64. The first-order chi connectivity index (χ1) is 11.6. The van der Waals surface area contributed by atoms with Gasteiger partial charge in [-0.3, -0.25) is 0 Å². The number of benzene rings is 3. The third-order valence-corrected chi connectivity index (χ3v) is 4.89. The minimum Gasteiger partial charge on any atom is -0.306 e. The van der Waals surface area contributed by atoms with Gasteiger partial charge in [-0.1, -0.05) is 73.3 Å². The van der Waals surface area contributed by atoms with Crippen molar-refractivity contribution < 1.29 is 0 Å². The Morgan fingerprint density at radius 1 is 0.917 bits per heavy atom. The fraction of sp³-hybridized carbons (Fsp3) is 0.0909. The predicted octanol–water partition coefficient (Wildman–Crippen LogP) is 4.61. The second kappa shape index (κ2) is 5.17. The normalized spacial score (nSPS) is 14.8. The fourth-order valence-corrected chi connectivity index (χ4v) is 3.95. The highest BCUT2D eigenvalue weighted by Gasteiger charge is 2.40. The van der Waals surface area contributed by atoms with Crippen LogP contribution in [0.25, 0.3) is 34.1 Å². The Balaban J connectivity index is 2.30. The monoisotopic (exact) mass is 312 g/mol. The number of fused-ring (bicyclic) bond motifs is 5. The van der Waals surface area contributed by atoms with Crippen LogP contribution >= 0.6 is 0 Å². The molecule has 0 atom stereocenters. The van der Waals surface area contributed by atoms with E-state index in [9.17, 15) is 0 Å². The quantitative estimate of drug-likeness (QED) is 0.679. The largest absolute Gasteiger partial charge is 0.306 e. The lowest BCUT2D eigenvalue weighted by Gasteiger charge is -2.25. The van der Waals surface area contributed by atoms with E-state index in [0.717, 1.165) is 33.4 Å². The van der Waals surface area contributed by atoms with Crippen molar-refractivity contribution in [2.75, 3.05) is 0 Å². The molecule has 0 aromatic heterocycles. The smallest absolute Gasteiger partial charge is 0.118 e. The highest BCUT2D eigenvalue weighted by molar-refractivity contribution is 6.08. The Labute approximate surface area is 142 Å². The zero-order valence-electron chi connectivity index (χ0n) is 13.7. The molecule has 118 valence electrons. The van der Waals surface area contributed by atoms with E-state index in [1.54, 1.807) is 0 Å². The molecule has 0 spiro atoms. The molecule has 1 aliphatic rings. The maximum absolute atomic E-state index is 6.64. The Bertz CT molecular complexity index is 1010. The van der Waals surface area contributed by atoms with Gasteiger partial charge in [0.05, 0.1) is 0 Å². The first-order valence-corrected chi connectivity index (χ1v) is 8.13. The molecule has 0 unspecified atom stereocenters. The number of rotatable bonds is 2. The number of hydrogen-bond acceptors (Lipinski definition) is 2. The summed E-state index contributed by atoms with van der Waals surface area (Å²) >= 11 is 0. The van der Waals surface area contributed by atoms with Crippen molar-refractivity contribution in [2.24, 2.45) is 11.5 Å². The summed E-state index contributed by atoms with van der Waals surface area (Å²) in [4.78, 5) is 0. The summed E-state index contributed by atoms with van der Waals surface area (Å²) in [5.41, 5.74) is 18.6. The van der Waals surface area contributed by atoms with Crippen LogP contribution in [0.5, 0.6) is 0 Å². The molecular formula is C22H20N2. The van der Waals surface area contributed by atoms with Gasteiger partial charge in [-0.05, 0) is 45.5 Å². The lowest BCUT2D eigenvalue weighted by Crippen LogP contribution is -2.45. The Morgan fingerprint density at radius 2 is 1.58 bits per heavy atom. The molecule has 0 amide bonds. The van der Waals surface area contributed by atoms with E-state index in [1.807, 2.05) is 37.3 Å². The van der Waals surface area contributed by atoms with Crippen molar-refractivity contribution in [1.82, 2.24) is 0 Å². The molecule has 3 aromatic carbocycles. The van der Waals surface area contributed by atoms with Gasteiger partial charge in [-0.25, -0.2) is 0 Å². The number of hydrogen-bond donors (Lipinski definition) is 2. The number of nitrogens with two attached hydrogens (primary N) is 2. The summed E-state index contributed by atoms with van der Waals surface area (Å²) in [5.74, 6) is 0. The Hall–Kier alpha value is -2.68. The van der Waals surface area contributed by atoms with Gasteiger partial charge in [-0.15, -0.1) is 0 Å². The molecule has 4 rings (SSSR count). The molecule has 24 heavy (non-hydrogen) atoms. The van der Waals surface area contributed by atoms with Gasteiger partial charge in [0.25, 0.3) is 0 Å². The Morgan fingerprint density at radius 3 is 2.29 bits per heavy atom. The lowest BCUT2D eigenvalue weighted by molar-refractivity contribution is 0.583. The van der Waals surface area contributed by atoms with Gasteiger partial charge in [0, 0.05) is 5.56 Å². The first-order valence-electron chi connectivity index (χ1n) is 8.13. The van der Waals surface area contributed by atoms with E-state index >= 15 is 0 Å². The van der Waals surface area contributed by atoms with E-state index in [-0.39, 0.29) is 0 Å². The van der Waals surface area contributed by atoms with Crippen LogP contribution in [0.4, 0.5) is 0 Å². The van der Waals surface area contributed by atoms with Crippen molar-refractivity contribution in [3.8, 4) is 11.1 Å². The lowest BCUT2D eigenvalue weighted by atomic mass is 9.86. The van der Waals surface area contributed by atoms with E-state index in [1.165, 1.54) is 10.8 Å². The molecule has 2 nitrogen and oxygen atoms in total. The van der Waals surface area contributed by atoms with Gasteiger partial charge < -0.3 is 11.5 Å². The van der Waals surface area contributed by atoms with Crippen LogP contribution in [0, 0.1) is 0 Å². The molecule has 0 bridgehead atoms. The first kappa shape index (κ1) is 14.9. The van der Waals surface area contributed by atoms with E-state index in [2.05, 4.69) is 43.0 Å². The van der Waals surface area contributed by atoms with E-state index < -0.39 is 5.66 Å². The van der Waals surface area contributed by atoms with Crippen LogP contribution in [-0.2, 0) is 5.66 Å². The molecule has 4 N–H and O–H groups in total.